The molecule has 0 amide bonds. The minimum Gasteiger partial charge on any atom is -0.461 e. The molecule has 0 aliphatic carbocycles. The summed E-state index contributed by atoms with van der Waals surface area (Å²) in [6.45, 7) is 4.23. The van der Waals surface area contributed by atoms with E-state index in [1.807, 2.05) is 10.6 Å². The molecule has 0 spiro atoms. The number of H-pyrrole nitrogens is 1. The van der Waals surface area contributed by atoms with Gasteiger partial charge in [-0.3, -0.25) is 9.52 Å². The van der Waals surface area contributed by atoms with Gasteiger partial charge >= 0.3 is 5.97 Å². The van der Waals surface area contributed by atoms with E-state index < -0.39 is 16.0 Å². The van der Waals surface area contributed by atoms with E-state index in [0.717, 1.165) is 18.7 Å². The molecule has 2 aliphatic heterocycles. The number of ether oxygens (including phenoxy) is 1. The Labute approximate surface area is 173 Å². The van der Waals surface area contributed by atoms with Crippen molar-refractivity contribution in [1.82, 2.24) is 24.9 Å². The fourth-order valence-electron chi connectivity index (χ4n) is 4.27. The van der Waals surface area contributed by atoms with Crippen LogP contribution in [0.1, 0.15) is 35.4 Å². The topological polar surface area (TPSA) is 139 Å². The third kappa shape index (κ3) is 4.24. The zero-order chi connectivity index (χ0) is 21.3. The summed E-state index contributed by atoms with van der Waals surface area (Å²) in [4.78, 5) is 26.1. The third-order valence-corrected chi connectivity index (χ3v) is 6.72. The van der Waals surface area contributed by atoms with E-state index in [4.69, 9.17) is 4.74 Å². The first-order chi connectivity index (χ1) is 14.4. The molecule has 1 saturated heterocycles. The van der Waals surface area contributed by atoms with Gasteiger partial charge in [0.2, 0.25) is 15.7 Å². The molecule has 2 bridgehead atoms. The highest BCUT2D eigenvalue weighted by atomic mass is 32.2. The molecule has 12 heteroatoms. The molecule has 2 N–H and O–H groups in total. The van der Waals surface area contributed by atoms with Gasteiger partial charge in [-0.25, -0.2) is 13.2 Å². The Balaban J connectivity index is 1.39. The van der Waals surface area contributed by atoms with Gasteiger partial charge in [-0.05, 0) is 25.3 Å². The number of hydrogen-bond donors (Lipinski definition) is 2. The van der Waals surface area contributed by atoms with Crippen LogP contribution >= 0.6 is 0 Å². The number of esters is 1. The molecular weight excluding hydrogens is 412 g/mol. The van der Waals surface area contributed by atoms with E-state index in [1.54, 1.807) is 19.1 Å². The second-order valence-electron chi connectivity index (χ2n) is 7.62. The second-order valence-corrected chi connectivity index (χ2v) is 9.46. The lowest BCUT2D eigenvalue weighted by atomic mass is 9.83. The van der Waals surface area contributed by atoms with Gasteiger partial charge in [0.25, 0.3) is 5.56 Å². The lowest BCUT2D eigenvalue weighted by Crippen LogP contribution is -2.48. The number of carbonyl (C=O) groups is 1. The highest BCUT2D eigenvalue weighted by Crippen LogP contribution is 2.34. The number of pyridine rings is 1. The van der Waals surface area contributed by atoms with Crippen LogP contribution < -0.4 is 10.3 Å². The number of anilines is 1. The standard InChI is InChI=1S/C18H24N6O5S/c1-2-29-18(26)16-17(20-22-19-16)21-30(27,28)7-6-23-9-12-8-13(11-23)14-4-3-5-15(25)24(14)10-12/h3-5,12-13H,2,6-11H2,1H3,(H2,19,20,21,22). The van der Waals surface area contributed by atoms with Crippen molar-refractivity contribution in [2.45, 2.75) is 25.8 Å². The number of piperidine rings is 1. The van der Waals surface area contributed by atoms with Gasteiger partial charge in [0.1, 0.15) is 0 Å². The number of sulfonamides is 1. The van der Waals surface area contributed by atoms with Crippen LogP contribution in [0.5, 0.6) is 0 Å². The number of carbonyl (C=O) groups excluding carboxylic acids is 1. The van der Waals surface area contributed by atoms with Crippen LogP contribution in [0.15, 0.2) is 23.0 Å². The predicted molar refractivity (Wildman–Crippen MR) is 108 cm³/mol. The Hall–Kier alpha value is -2.73. The second kappa shape index (κ2) is 8.19. The fraction of sp³-hybridized carbons (Fsp3) is 0.556. The normalized spacial score (nSPS) is 21.1. The van der Waals surface area contributed by atoms with Gasteiger partial charge in [-0.1, -0.05) is 6.07 Å². The molecule has 0 radical (unpaired) electrons. The molecule has 1 fully saturated rings. The van der Waals surface area contributed by atoms with Crippen molar-refractivity contribution in [3.05, 3.63) is 39.9 Å². The van der Waals surface area contributed by atoms with Gasteiger partial charge in [0.15, 0.2) is 5.82 Å². The maximum absolute atomic E-state index is 12.5. The molecule has 11 nitrogen and oxygen atoms in total. The SMILES string of the molecule is CCOC(=O)c1n[nH]nc1NS(=O)(=O)CCN1CC2CC(C1)c1cccc(=O)n1C2. The van der Waals surface area contributed by atoms with Crippen molar-refractivity contribution in [3.8, 4) is 0 Å². The molecule has 0 aromatic carbocycles. The van der Waals surface area contributed by atoms with E-state index >= 15 is 0 Å². The van der Waals surface area contributed by atoms with Crippen molar-refractivity contribution < 1.29 is 17.9 Å². The Bertz CT molecular complexity index is 1090. The van der Waals surface area contributed by atoms with Gasteiger partial charge in [0, 0.05) is 43.9 Å². The summed E-state index contributed by atoms with van der Waals surface area (Å²) in [5.41, 5.74) is 0.841. The average Bonchev–Trinajstić information content (AvgIpc) is 3.15. The fourth-order valence-corrected chi connectivity index (χ4v) is 5.31. The lowest BCUT2D eigenvalue weighted by molar-refractivity contribution is 0.0520. The minimum atomic E-state index is -3.74. The number of likely N-dealkylation sites (tertiary alicyclic amines) is 1. The number of aromatic amines is 1. The van der Waals surface area contributed by atoms with Crippen LogP contribution in [0, 0.1) is 5.92 Å². The molecule has 2 atom stereocenters. The van der Waals surface area contributed by atoms with E-state index in [1.165, 1.54) is 0 Å². The summed E-state index contributed by atoms with van der Waals surface area (Å²) in [5, 5.41) is 9.61. The summed E-state index contributed by atoms with van der Waals surface area (Å²) >= 11 is 0. The lowest BCUT2D eigenvalue weighted by Gasteiger charge is -2.42. The molecule has 2 aliphatic rings. The first kappa shape index (κ1) is 20.5. The maximum Gasteiger partial charge on any atom is 0.362 e. The Morgan fingerprint density at radius 1 is 1.30 bits per heavy atom. The zero-order valence-corrected chi connectivity index (χ0v) is 17.4. The van der Waals surface area contributed by atoms with Gasteiger partial charge in [-0.15, -0.1) is 10.2 Å². The first-order valence-electron chi connectivity index (χ1n) is 9.86. The van der Waals surface area contributed by atoms with Crippen molar-refractivity contribution in [2.75, 3.05) is 36.7 Å². The zero-order valence-electron chi connectivity index (χ0n) is 16.6. The first-order valence-corrected chi connectivity index (χ1v) is 11.5. The number of fused-ring (bicyclic) bond motifs is 4. The smallest absolute Gasteiger partial charge is 0.362 e. The molecule has 4 heterocycles. The van der Waals surface area contributed by atoms with Gasteiger partial charge < -0.3 is 14.2 Å². The molecule has 2 aromatic rings. The van der Waals surface area contributed by atoms with Crippen LogP contribution in [-0.2, 0) is 21.3 Å². The largest absolute Gasteiger partial charge is 0.461 e. The summed E-state index contributed by atoms with van der Waals surface area (Å²) in [6.07, 6.45) is 1.01. The van der Waals surface area contributed by atoms with Crippen molar-refractivity contribution >= 4 is 21.8 Å². The quantitative estimate of drug-likeness (QED) is 0.579. The number of nitrogens with one attached hydrogen (secondary N) is 2. The van der Waals surface area contributed by atoms with Crippen molar-refractivity contribution in [3.63, 3.8) is 0 Å². The Morgan fingerprint density at radius 2 is 2.13 bits per heavy atom. The van der Waals surface area contributed by atoms with Crippen LogP contribution in [0.3, 0.4) is 0 Å². The van der Waals surface area contributed by atoms with Gasteiger partial charge in [0.05, 0.1) is 12.4 Å². The average molecular weight is 436 g/mol. The predicted octanol–water partition coefficient (Wildman–Crippen LogP) is 0.00410. The van der Waals surface area contributed by atoms with Crippen LogP contribution in [0.25, 0.3) is 0 Å². The summed E-state index contributed by atoms with van der Waals surface area (Å²) < 4.78 is 34.1. The number of aromatic nitrogens is 4. The monoisotopic (exact) mass is 436 g/mol. The van der Waals surface area contributed by atoms with E-state index in [2.05, 4.69) is 25.0 Å². The van der Waals surface area contributed by atoms with Crippen molar-refractivity contribution in [2.24, 2.45) is 5.92 Å². The number of rotatable bonds is 7. The highest BCUT2D eigenvalue weighted by molar-refractivity contribution is 7.92. The number of hydrogen-bond acceptors (Lipinski definition) is 8. The minimum absolute atomic E-state index is 0.0208. The van der Waals surface area contributed by atoms with E-state index in [-0.39, 0.29) is 35.3 Å². The molecule has 4 rings (SSSR count). The Morgan fingerprint density at radius 3 is 2.93 bits per heavy atom. The van der Waals surface area contributed by atoms with E-state index in [0.29, 0.717) is 25.6 Å². The number of nitrogens with zero attached hydrogens (tertiary/aromatic N) is 4. The van der Waals surface area contributed by atoms with Crippen molar-refractivity contribution in [1.29, 1.82) is 0 Å². The van der Waals surface area contributed by atoms with Gasteiger partial charge in [-0.2, -0.15) is 5.21 Å². The summed E-state index contributed by atoms with van der Waals surface area (Å²) in [7, 11) is -3.74. The summed E-state index contributed by atoms with van der Waals surface area (Å²) in [5.74, 6) is -0.534. The third-order valence-electron chi connectivity index (χ3n) is 5.50. The summed E-state index contributed by atoms with van der Waals surface area (Å²) in [6, 6.07) is 5.33. The molecule has 162 valence electrons. The van der Waals surface area contributed by atoms with E-state index in [9.17, 15) is 18.0 Å². The molecule has 2 aromatic heterocycles. The van der Waals surface area contributed by atoms with Crippen LogP contribution in [0.2, 0.25) is 0 Å². The van der Waals surface area contributed by atoms with Crippen LogP contribution in [-0.4, -0.2) is 71.3 Å². The van der Waals surface area contributed by atoms with Crippen LogP contribution in [0.4, 0.5) is 5.82 Å². The molecule has 2 unspecified atom stereocenters. The Kier molecular flexibility index (Phi) is 5.60. The molecule has 30 heavy (non-hydrogen) atoms. The maximum atomic E-state index is 12.5. The highest BCUT2D eigenvalue weighted by Gasteiger charge is 2.34. The molecule has 0 saturated carbocycles. The molecular formula is C18H24N6O5S.